The smallest absolute Gasteiger partial charge is 0.135 e. The van der Waals surface area contributed by atoms with E-state index in [4.69, 9.17) is 0 Å². The maximum absolute atomic E-state index is 11.7. The van der Waals surface area contributed by atoms with Crippen molar-refractivity contribution < 1.29 is 4.79 Å². The van der Waals surface area contributed by atoms with Crippen LogP contribution in [0.1, 0.15) is 59.3 Å². The van der Waals surface area contributed by atoms with E-state index in [-0.39, 0.29) is 5.41 Å². The van der Waals surface area contributed by atoms with E-state index in [0.717, 1.165) is 19.3 Å². The predicted molar refractivity (Wildman–Crippen MR) is 55.7 cm³/mol. The minimum Gasteiger partial charge on any atom is -0.299 e. The van der Waals surface area contributed by atoms with Gasteiger partial charge in [0.25, 0.3) is 0 Å². The molecule has 1 nitrogen and oxygen atoms in total. The minimum atomic E-state index is 0.0619. The van der Waals surface area contributed by atoms with Crippen molar-refractivity contribution in [2.75, 3.05) is 0 Å². The second-order valence-electron chi connectivity index (χ2n) is 5.00. The molecule has 0 aliphatic heterocycles. The molecule has 0 aromatic rings. The molecule has 0 unspecified atom stereocenters. The lowest BCUT2D eigenvalue weighted by Crippen LogP contribution is -2.33. The molecule has 0 amide bonds. The molecule has 0 aromatic carbocycles. The second-order valence-corrected chi connectivity index (χ2v) is 5.00. The average molecular weight is 182 g/mol. The van der Waals surface area contributed by atoms with E-state index in [1.54, 1.807) is 6.92 Å². The van der Waals surface area contributed by atoms with Gasteiger partial charge < -0.3 is 0 Å². The maximum atomic E-state index is 11.7. The van der Waals surface area contributed by atoms with Gasteiger partial charge in [0.1, 0.15) is 5.78 Å². The van der Waals surface area contributed by atoms with Crippen molar-refractivity contribution in [2.24, 2.45) is 11.3 Å². The summed E-state index contributed by atoms with van der Waals surface area (Å²) in [5, 5.41) is 0. The van der Waals surface area contributed by atoms with Crippen molar-refractivity contribution >= 4 is 5.78 Å². The van der Waals surface area contributed by atoms with E-state index in [1.807, 2.05) is 0 Å². The molecule has 0 N–H and O–H groups in total. The summed E-state index contributed by atoms with van der Waals surface area (Å²) < 4.78 is 0. The highest BCUT2D eigenvalue weighted by Crippen LogP contribution is 2.42. The van der Waals surface area contributed by atoms with E-state index in [2.05, 4.69) is 13.8 Å². The van der Waals surface area contributed by atoms with Crippen LogP contribution in [0.4, 0.5) is 0 Å². The quantitative estimate of drug-likeness (QED) is 0.652. The lowest BCUT2D eigenvalue weighted by Gasteiger charge is -2.36. The van der Waals surface area contributed by atoms with E-state index in [1.165, 1.54) is 19.3 Å². The van der Waals surface area contributed by atoms with Crippen LogP contribution < -0.4 is 0 Å². The van der Waals surface area contributed by atoms with E-state index in [9.17, 15) is 4.79 Å². The van der Waals surface area contributed by atoms with Gasteiger partial charge in [0.2, 0.25) is 0 Å². The average Bonchev–Trinajstić information content (AvgIpc) is 2.04. The van der Waals surface area contributed by atoms with Crippen LogP contribution in [0.25, 0.3) is 0 Å². The van der Waals surface area contributed by atoms with Crippen LogP contribution in [0, 0.1) is 11.3 Å². The zero-order valence-electron chi connectivity index (χ0n) is 9.23. The fourth-order valence-corrected chi connectivity index (χ4v) is 2.71. The first-order valence-corrected chi connectivity index (χ1v) is 5.58. The van der Waals surface area contributed by atoms with E-state index < -0.39 is 0 Å². The molecule has 1 aliphatic rings. The van der Waals surface area contributed by atoms with Gasteiger partial charge in [0, 0.05) is 5.41 Å². The Hall–Kier alpha value is -0.330. The third kappa shape index (κ3) is 2.55. The van der Waals surface area contributed by atoms with Crippen molar-refractivity contribution in [1.82, 2.24) is 0 Å². The number of rotatable bonds is 3. The van der Waals surface area contributed by atoms with E-state index in [0.29, 0.717) is 11.7 Å². The van der Waals surface area contributed by atoms with E-state index >= 15 is 0 Å². The molecule has 1 rings (SSSR count). The molecular formula is C12H22O. The van der Waals surface area contributed by atoms with Crippen LogP contribution in [-0.4, -0.2) is 5.78 Å². The monoisotopic (exact) mass is 182 g/mol. The molecule has 0 bridgehead atoms. The summed E-state index contributed by atoms with van der Waals surface area (Å²) in [6, 6.07) is 0. The summed E-state index contributed by atoms with van der Waals surface area (Å²) in [4.78, 5) is 11.7. The molecule has 1 heteroatoms. The third-order valence-electron chi connectivity index (χ3n) is 3.36. The largest absolute Gasteiger partial charge is 0.299 e. The Morgan fingerprint density at radius 1 is 1.23 bits per heavy atom. The standard InChI is InChI=1S/C12H22O/c1-10(2)9-12(11(3)13)7-5-4-6-8-12/h10H,4-9H2,1-3H3. The van der Waals surface area contributed by atoms with Crippen LogP contribution in [0.15, 0.2) is 0 Å². The van der Waals surface area contributed by atoms with Crippen molar-refractivity contribution in [3.05, 3.63) is 0 Å². The second kappa shape index (κ2) is 4.26. The number of ketones is 1. The summed E-state index contributed by atoms with van der Waals surface area (Å²) in [6.07, 6.45) is 7.22. The van der Waals surface area contributed by atoms with Crippen molar-refractivity contribution in [3.63, 3.8) is 0 Å². The Morgan fingerprint density at radius 2 is 1.77 bits per heavy atom. The van der Waals surface area contributed by atoms with Gasteiger partial charge in [-0.2, -0.15) is 0 Å². The van der Waals surface area contributed by atoms with Gasteiger partial charge in [0.05, 0.1) is 0 Å². The summed E-state index contributed by atoms with van der Waals surface area (Å²) in [6.45, 7) is 6.23. The Morgan fingerprint density at radius 3 is 2.15 bits per heavy atom. The van der Waals surface area contributed by atoms with Crippen LogP contribution in [0.3, 0.4) is 0 Å². The molecule has 13 heavy (non-hydrogen) atoms. The van der Waals surface area contributed by atoms with Crippen LogP contribution in [-0.2, 0) is 4.79 Å². The molecule has 1 aliphatic carbocycles. The number of hydrogen-bond acceptors (Lipinski definition) is 1. The van der Waals surface area contributed by atoms with Crippen LogP contribution in [0.2, 0.25) is 0 Å². The highest BCUT2D eigenvalue weighted by Gasteiger charge is 2.36. The first-order valence-electron chi connectivity index (χ1n) is 5.58. The molecule has 0 radical (unpaired) electrons. The Kier molecular flexibility index (Phi) is 3.52. The number of carbonyl (C=O) groups excluding carboxylic acids is 1. The van der Waals surface area contributed by atoms with Gasteiger partial charge in [0.15, 0.2) is 0 Å². The van der Waals surface area contributed by atoms with Gasteiger partial charge in [-0.15, -0.1) is 0 Å². The molecular weight excluding hydrogens is 160 g/mol. The predicted octanol–water partition coefficient (Wildman–Crippen LogP) is 3.57. The van der Waals surface area contributed by atoms with Gasteiger partial charge in [-0.1, -0.05) is 33.1 Å². The number of carbonyl (C=O) groups is 1. The lowest BCUT2D eigenvalue weighted by atomic mass is 9.67. The normalized spacial score (nSPS) is 21.8. The molecule has 0 spiro atoms. The number of hydrogen-bond donors (Lipinski definition) is 0. The Labute approximate surface area is 81.9 Å². The number of Topliss-reactive ketones (excluding diaryl/α,β-unsaturated/α-hetero) is 1. The third-order valence-corrected chi connectivity index (χ3v) is 3.36. The SMILES string of the molecule is CC(=O)C1(CC(C)C)CCCCC1. The molecule has 1 fully saturated rings. The molecule has 76 valence electrons. The first-order chi connectivity index (χ1) is 6.07. The fraction of sp³-hybridized carbons (Fsp3) is 0.917. The van der Waals surface area contributed by atoms with Gasteiger partial charge >= 0.3 is 0 Å². The summed E-state index contributed by atoms with van der Waals surface area (Å²) >= 11 is 0. The van der Waals surface area contributed by atoms with Crippen molar-refractivity contribution in [2.45, 2.75) is 59.3 Å². The van der Waals surface area contributed by atoms with Crippen molar-refractivity contribution in [3.8, 4) is 0 Å². The molecule has 0 aromatic heterocycles. The van der Waals surface area contributed by atoms with Gasteiger partial charge in [-0.05, 0) is 32.1 Å². The highest BCUT2D eigenvalue weighted by atomic mass is 16.1. The molecule has 1 saturated carbocycles. The summed E-state index contributed by atoms with van der Waals surface area (Å²) in [7, 11) is 0. The fourth-order valence-electron chi connectivity index (χ4n) is 2.71. The lowest BCUT2D eigenvalue weighted by molar-refractivity contribution is -0.129. The molecule has 0 heterocycles. The van der Waals surface area contributed by atoms with Gasteiger partial charge in [-0.25, -0.2) is 0 Å². The summed E-state index contributed by atoms with van der Waals surface area (Å²) in [5.74, 6) is 1.09. The zero-order chi connectivity index (χ0) is 9.90. The van der Waals surface area contributed by atoms with Crippen LogP contribution >= 0.6 is 0 Å². The van der Waals surface area contributed by atoms with Gasteiger partial charge in [-0.3, -0.25) is 4.79 Å². The minimum absolute atomic E-state index is 0.0619. The highest BCUT2D eigenvalue weighted by molar-refractivity contribution is 5.82. The summed E-state index contributed by atoms with van der Waals surface area (Å²) in [5.41, 5.74) is 0.0619. The van der Waals surface area contributed by atoms with Crippen LogP contribution in [0.5, 0.6) is 0 Å². The Balaban J connectivity index is 2.67. The molecule has 0 saturated heterocycles. The maximum Gasteiger partial charge on any atom is 0.135 e. The Bertz CT molecular complexity index is 176. The van der Waals surface area contributed by atoms with Crippen molar-refractivity contribution in [1.29, 1.82) is 0 Å². The zero-order valence-corrected chi connectivity index (χ0v) is 9.23. The first kappa shape index (κ1) is 10.7. The topological polar surface area (TPSA) is 17.1 Å². The molecule has 0 atom stereocenters.